The minimum atomic E-state index is -1.44. The second kappa shape index (κ2) is 18.1. The molecule has 3 heterocycles. The molecule has 1 aromatic rings. The molecule has 49 heavy (non-hydrogen) atoms. The molecule has 6 N–H and O–H groups in total. The lowest BCUT2D eigenvalue weighted by atomic mass is 9.95. The van der Waals surface area contributed by atoms with Gasteiger partial charge in [-0.1, -0.05) is 37.3 Å². The molecule has 0 radical (unpaired) electrons. The lowest BCUT2D eigenvalue weighted by Crippen LogP contribution is -2.61. The summed E-state index contributed by atoms with van der Waals surface area (Å²) >= 11 is 0. The van der Waals surface area contributed by atoms with Crippen LogP contribution in [0.3, 0.4) is 0 Å². The number of benzene rings is 1. The van der Waals surface area contributed by atoms with Crippen molar-refractivity contribution >= 4 is 35.4 Å². The van der Waals surface area contributed by atoms with Crippen molar-refractivity contribution in [2.45, 2.75) is 108 Å². The average molecular weight is 684 g/mol. The summed E-state index contributed by atoms with van der Waals surface area (Å²) in [5.41, 5.74) is 0.781. The maximum Gasteiger partial charge on any atom is 0.246 e. The van der Waals surface area contributed by atoms with Crippen LogP contribution in [0.15, 0.2) is 30.3 Å². The number of amides is 6. The zero-order valence-corrected chi connectivity index (χ0v) is 28.9. The van der Waals surface area contributed by atoms with E-state index in [0.717, 1.165) is 18.7 Å². The van der Waals surface area contributed by atoms with Gasteiger partial charge in [-0.25, -0.2) is 0 Å². The second-order valence-corrected chi connectivity index (χ2v) is 13.6. The van der Waals surface area contributed by atoms with Gasteiger partial charge in [0.15, 0.2) is 0 Å². The van der Waals surface area contributed by atoms with Gasteiger partial charge < -0.3 is 41.5 Å². The average Bonchev–Trinajstić information content (AvgIpc) is 3.58. The topological polar surface area (TPSA) is 189 Å². The highest BCUT2D eigenvalue weighted by Gasteiger charge is 2.39. The van der Waals surface area contributed by atoms with Crippen LogP contribution in [0.25, 0.3) is 0 Å². The highest BCUT2D eigenvalue weighted by atomic mass is 16.3. The number of hydrogen-bond acceptors (Lipinski definition) is 8. The number of fused-ring (bicyclic) bond motifs is 1. The summed E-state index contributed by atoms with van der Waals surface area (Å²) in [6, 6.07) is 3.94. The molecule has 0 saturated carbocycles. The van der Waals surface area contributed by atoms with E-state index in [1.807, 2.05) is 37.4 Å². The van der Waals surface area contributed by atoms with E-state index in [0.29, 0.717) is 51.6 Å². The SMILES string of the molecule is CC[C@@H]1NC(=O)[C@@H](NC(=O)C2CCN(C)CC2)CCCCNC(=O)[C@@H]2CCCN2C(=O)[C@@H](Cc2ccccc2)NC(=O)[C@H]([C@@H](C)O)NC1=O. The molecule has 0 aliphatic carbocycles. The quantitative estimate of drug-likeness (QED) is 0.233. The summed E-state index contributed by atoms with van der Waals surface area (Å²) in [5.74, 6) is -3.14. The number of hydrogen-bond donors (Lipinski definition) is 6. The molecule has 0 bridgehead atoms. The Labute approximate surface area is 288 Å². The van der Waals surface area contributed by atoms with E-state index >= 15 is 0 Å². The van der Waals surface area contributed by atoms with Gasteiger partial charge in [-0.05, 0) is 84.0 Å². The van der Waals surface area contributed by atoms with Crippen LogP contribution < -0.4 is 26.6 Å². The number of nitrogens with one attached hydrogen (secondary N) is 5. The minimum Gasteiger partial charge on any atom is -0.391 e. The van der Waals surface area contributed by atoms with Crippen molar-refractivity contribution < 1.29 is 33.9 Å². The molecule has 0 aromatic heterocycles. The minimum absolute atomic E-state index is 0.134. The van der Waals surface area contributed by atoms with Gasteiger partial charge in [-0.3, -0.25) is 28.8 Å². The molecule has 0 spiro atoms. The molecule has 14 heteroatoms. The molecular formula is C35H53N7O7. The number of likely N-dealkylation sites (tertiary alicyclic amines) is 1. The van der Waals surface area contributed by atoms with E-state index in [9.17, 15) is 33.9 Å². The van der Waals surface area contributed by atoms with Crippen molar-refractivity contribution in [3.63, 3.8) is 0 Å². The van der Waals surface area contributed by atoms with Crippen LogP contribution in [0.2, 0.25) is 0 Å². The molecule has 270 valence electrons. The first-order valence-electron chi connectivity index (χ1n) is 17.7. The predicted octanol–water partition coefficient (Wildman–Crippen LogP) is -0.408. The Morgan fingerprint density at radius 2 is 1.55 bits per heavy atom. The van der Waals surface area contributed by atoms with Gasteiger partial charge in [0, 0.05) is 25.4 Å². The van der Waals surface area contributed by atoms with E-state index in [2.05, 4.69) is 31.5 Å². The Bertz CT molecular complexity index is 1320. The number of piperidine rings is 1. The van der Waals surface area contributed by atoms with Crippen molar-refractivity contribution in [2.75, 3.05) is 33.2 Å². The summed E-state index contributed by atoms with van der Waals surface area (Å²) in [6.07, 6.45) is 2.74. The third-order valence-corrected chi connectivity index (χ3v) is 9.78. The normalized spacial score (nSPS) is 28.1. The fraction of sp³-hybridized carbons (Fsp3) is 0.657. The molecule has 3 aliphatic rings. The van der Waals surface area contributed by atoms with Crippen LogP contribution >= 0.6 is 0 Å². The number of carbonyl (C=O) groups excluding carboxylic acids is 6. The van der Waals surface area contributed by atoms with E-state index in [-0.39, 0.29) is 37.0 Å². The van der Waals surface area contributed by atoms with Crippen LogP contribution in [-0.4, -0.2) is 120 Å². The van der Waals surface area contributed by atoms with Gasteiger partial charge in [-0.15, -0.1) is 0 Å². The summed E-state index contributed by atoms with van der Waals surface area (Å²) in [7, 11) is 2.00. The first-order chi connectivity index (χ1) is 23.5. The molecular weight excluding hydrogens is 630 g/mol. The molecule has 6 amide bonds. The van der Waals surface area contributed by atoms with Crippen molar-refractivity contribution in [3.05, 3.63) is 35.9 Å². The summed E-state index contributed by atoms with van der Waals surface area (Å²) in [4.78, 5) is 84.9. The van der Waals surface area contributed by atoms with Crippen molar-refractivity contribution in [2.24, 2.45) is 5.92 Å². The Hall–Kier alpha value is -4.04. The van der Waals surface area contributed by atoms with Crippen LogP contribution in [0.1, 0.15) is 70.8 Å². The third-order valence-electron chi connectivity index (χ3n) is 9.78. The lowest BCUT2D eigenvalue weighted by Gasteiger charge is -2.31. The van der Waals surface area contributed by atoms with Crippen LogP contribution in [0, 0.1) is 5.92 Å². The Morgan fingerprint density at radius 3 is 2.22 bits per heavy atom. The maximum atomic E-state index is 14.0. The standard InChI is InChI=1S/C35H53N7O7/c1-4-25-31(45)40-29(22(2)43)34(48)39-27(21-23-11-6-5-7-12-23)35(49)42-18-10-14-28(42)33(47)36-17-9-8-13-26(32(46)37-25)38-30(44)24-15-19-41(3)20-16-24/h5-7,11-12,22,24-29,43H,4,8-10,13-21H2,1-3H3,(H,36,47)(H,37,46)(H,38,44)(H,39,48)(H,40,45)/t22-,25+,26+,27-,28+,29+/m1/s1. The Balaban J connectivity index is 1.58. The van der Waals surface area contributed by atoms with Crippen molar-refractivity contribution in [3.8, 4) is 0 Å². The van der Waals surface area contributed by atoms with Gasteiger partial charge in [0.2, 0.25) is 35.4 Å². The van der Waals surface area contributed by atoms with E-state index < -0.39 is 59.9 Å². The zero-order chi connectivity index (χ0) is 35.5. The summed E-state index contributed by atoms with van der Waals surface area (Å²) in [6.45, 7) is 5.27. The first kappa shape index (κ1) is 37.8. The number of rotatable bonds is 6. The van der Waals surface area contributed by atoms with E-state index in [1.54, 1.807) is 6.92 Å². The third kappa shape index (κ3) is 10.5. The number of aliphatic hydroxyl groups excluding tert-OH is 1. The van der Waals surface area contributed by atoms with E-state index in [1.165, 1.54) is 11.8 Å². The fourth-order valence-electron chi connectivity index (χ4n) is 6.73. The van der Waals surface area contributed by atoms with E-state index in [4.69, 9.17) is 0 Å². The molecule has 0 unspecified atom stereocenters. The largest absolute Gasteiger partial charge is 0.391 e. The van der Waals surface area contributed by atoms with Gasteiger partial charge >= 0.3 is 0 Å². The Morgan fingerprint density at radius 1 is 0.857 bits per heavy atom. The summed E-state index contributed by atoms with van der Waals surface area (Å²) in [5, 5.41) is 24.5. The molecule has 14 nitrogen and oxygen atoms in total. The Kier molecular flexibility index (Phi) is 13.9. The highest BCUT2D eigenvalue weighted by molar-refractivity contribution is 5.97. The van der Waals surface area contributed by atoms with Crippen LogP contribution in [0.4, 0.5) is 0 Å². The highest BCUT2D eigenvalue weighted by Crippen LogP contribution is 2.21. The van der Waals surface area contributed by atoms with Crippen molar-refractivity contribution in [1.29, 1.82) is 0 Å². The maximum absolute atomic E-state index is 14.0. The molecule has 6 atom stereocenters. The van der Waals surface area contributed by atoms with Gasteiger partial charge in [-0.2, -0.15) is 0 Å². The first-order valence-corrected chi connectivity index (χ1v) is 17.7. The monoisotopic (exact) mass is 683 g/mol. The van der Waals surface area contributed by atoms with Gasteiger partial charge in [0.1, 0.15) is 30.2 Å². The lowest BCUT2D eigenvalue weighted by molar-refractivity contribution is -0.142. The molecule has 4 rings (SSSR count). The van der Waals surface area contributed by atoms with Crippen LogP contribution in [0.5, 0.6) is 0 Å². The number of carbonyl (C=O) groups is 6. The summed E-state index contributed by atoms with van der Waals surface area (Å²) < 4.78 is 0. The van der Waals surface area contributed by atoms with Crippen LogP contribution in [-0.2, 0) is 35.2 Å². The van der Waals surface area contributed by atoms with Crippen molar-refractivity contribution in [1.82, 2.24) is 36.4 Å². The molecule has 3 fully saturated rings. The molecule has 3 saturated heterocycles. The zero-order valence-electron chi connectivity index (χ0n) is 28.9. The fourth-order valence-corrected chi connectivity index (χ4v) is 6.73. The smallest absolute Gasteiger partial charge is 0.246 e. The second-order valence-electron chi connectivity index (χ2n) is 13.6. The van der Waals surface area contributed by atoms with Gasteiger partial charge in [0.25, 0.3) is 0 Å². The number of aliphatic hydroxyl groups is 1. The molecule has 3 aliphatic heterocycles. The van der Waals surface area contributed by atoms with Gasteiger partial charge in [0.05, 0.1) is 6.10 Å². The molecule has 1 aromatic carbocycles. The number of nitrogens with zero attached hydrogens (tertiary/aromatic N) is 2. The predicted molar refractivity (Wildman–Crippen MR) is 182 cm³/mol.